The first kappa shape index (κ1) is 23.9. The minimum Gasteiger partial charge on any atom is -0.349 e. The third-order valence-corrected chi connectivity index (χ3v) is 8.27. The van der Waals surface area contributed by atoms with E-state index in [1.807, 2.05) is 24.8 Å². The van der Waals surface area contributed by atoms with Crippen LogP contribution in [0.5, 0.6) is 0 Å². The highest BCUT2D eigenvalue weighted by molar-refractivity contribution is 5.96. The number of hydrogen-bond acceptors (Lipinski definition) is 5. The molecule has 0 bridgehead atoms. The molecule has 1 N–H and O–H groups in total. The van der Waals surface area contributed by atoms with Crippen molar-refractivity contribution >= 4 is 11.8 Å². The summed E-state index contributed by atoms with van der Waals surface area (Å²) in [6.07, 6.45) is 6.81. The van der Waals surface area contributed by atoms with Crippen LogP contribution in [-0.4, -0.2) is 64.3 Å². The summed E-state index contributed by atoms with van der Waals surface area (Å²) in [5, 5.41) is 3.37. The van der Waals surface area contributed by atoms with Gasteiger partial charge in [-0.15, -0.1) is 0 Å². The Bertz CT molecular complexity index is 1020. The number of nitrogens with one attached hydrogen (secondary N) is 1. The first-order chi connectivity index (χ1) is 17.0. The molecule has 7 nitrogen and oxygen atoms in total. The van der Waals surface area contributed by atoms with Crippen molar-refractivity contribution < 1.29 is 9.59 Å². The molecule has 186 valence electrons. The molecule has 0 radical (unpaired) electrons. The smallest absolute Gasteiger partial charge is 0.257 e. The van der Waals surface area contributed by atoms with E-state index in [0.717, 1.165) is 63.4 Å². The molecule has 1 saturated carbocycles. The Morgan fingerprint density at radius 1 is 0.971 bits per heavy atom. The van der Waals surface area contributed by atoms with Gasteiger partial charge in [-0.05, 0) is 50.5 Å². The summed E-state index contributed by atoms with van der Waals surface area (Å²) in [6.45, 7) is 8.34. The molecule has 3 aliphatic rings. The fourth-order valence-electron chi connectivity index (χ4n) is 6.30. The summed E-state index contributed by atoms with van der Waals surface area (Å²) >= 11 is 0. The molecule has 3 fully saturated rings. The van der Waals surface area contributed by atoms with Gasteiger partial charge in [0.25, 0.3) is 5.91 Å². The zero-order chi connectivity index (χ0) is 24.4. The number of fused-ring (bicyclic) bond motifs is 1. The number of amides is 2. The number of nitrogens with zero attached hydrogens (tertiary/aromatic N) is 4. The predicted octanol–water partition coefficient (Wildman–Crippen LogP) is 3.54. The fourth-order valence-corrected chi connectivity index (χ4v) is 6.30. The van der Waals surface area contributed by atoms with Crippen molar-refractivity contribution in [2.45, 2.75) is 52.0 Å². The van der Waals surface area contributed by atoms with Crippen LogP contribution in [0.1, 0.15) is 65.5 Å². The van der Waals surface area contributed by atoms with E-state index in [0.29, 0.717) is 17.4 Å². The normalized spacial score (nSPS) is 23.4. The standard InChI is InChI=1S/C28H37N5O2/c1-19-26(20(2)30-18-29-19)28(35)33-16-23-14-32(15-24(23)17-33)13-12-25(21-8-4-3-5-9-21)31-27(34)22-10-6-7-11-22/h3-5,8-9,18,22-25H,6-7,10-17H2,1-2H3,(H,31,34)/t23?,24?,25-/m0/s1. The van der Waals surface area contributed by atoms with Crippen molar-refractivity contribution in [3.05, 3.63) is 59.2 Å². The highest BCUT2D eigenvalue weighted by Gasteiger charge is 2.42. The summed E-state index contributed by atoms with van der Waals surface area (Å²) < 4.78 is 0. The maximum absolute atomic E-state index is 13.2. The van der Waals surface area contributed by atoms with Crippen molar-refractivity contribution in [3.63, 3.8) is 0 Å². The lowest BCUT2D eigenvalue weighted by Crippen LogP contribution is -2.37. The molecule has 2 unspecified atom stereocenters. The van der Waals surface area contributed by atoms with Crippen molar-refractivity contribution in [1.29, 1.82) is 0 Å². The number of carbonyl (C=O) groups is 2. The van der Waals surface area contributed by atoms with E-state index in [4.69, 9.17) is 0 Å². The molecule has 2 saturated heterocycles. The molecule has 35 heavy (non-hydrogen) atoms. The van der Waals surface area contributed by atoms with E-state index in [9.17, 15) is 9.59 Å². The Kier molecular flexibility index (Phi) is 7.14. The van der Waals surface area contributed by atoms with Crippen LogP contribution in [0.3, 0.4) is 0 Å². The third-order valence-electron chi connectivity index (χ3n) is 8.27. The Morgan fingerprint density at radius 3 is 2.23 bits per heavy atom. The molecule has 3 atom stereocenters. The molecule has 2 aliphatic heterocycles. The molecule has 1 aliphatic carbocycles. The van der Waals surface area contributed by atoms with Gasteiger partial charge in [-0.3, -0.25) is 9.59 Å². The molecule has 1 aromatic carbocycles. The summed E-state index contributed by atoms with van der Waals surface area (Å²) in [6, 6.07) is 10.4. The maximum Gasteiger partial charge on any atom is 0.257 e. The highest BCUT2D eigenvalue weighted by Crippen LogP contribution is 2.33. The third kappa shape index (κ3) is 5.25. The lowest BCUT2D eigenvalue weighted by atomic mass is 10.0. The molecule has 2 amide bonds. The second kappa shape index (κ2) is 10.4. The summed E-state index contributed by atoms with van der Waals surface area (Å²) in [5.74, 6) is 1.48. The number of hydrogen-bond donors (Lipinski definition) is 1. The van der Waals surface area contributed by atoms with Gasteiger partial charge < -0.3 is 15.1 Å². The average Bonchev–Trinajstić information content (AvgIpc) is 3.59. The van der Waals surface area contributed by atoms with Crippen LogP contribution in [0.15, 0.2) is 36.7 Å². The molecule has 1 aromatic heterocycles. The van der Waals surface area contributed by atoms with Crippen molar-refractivity contribution in [3.8, 4) is 0 Å². The van der Waals surface area contributed by atoms with Crippen LogP contribution >= 0.6 is 0 Å². The number of likely N-dealkylation sites (tertiary alicyclic amines) is 2. The zero-order valence-electron chi connectivity index (χ0n) is 20.9. The van der Waals surface area contributed by atoms with Gasteiger partial charge in [0.05, 0.1) is 23.0 Å². The van der Waals surface area contributed by atoms with Gasteiger partial charge in [-0.25, -0.2) is 9.97 Å². The number of carbonyl (C=O) groups excluding carboxylic acids is 2. The van der Waals surface area contributed by atoms with Gasteiger partial charge in [0, 0.05) is 38.6 Å². The van der Waals surface area contributed by atoms with Crippen LogP contribution in [0, 0.1) is 31.6 Å². The van der Waals surface area contributed by atoms with E-state index in [1.165, 1.54) is 24.7 Å². The van der Waals surface area contributed by atoms with Gasteiger partial charge in [-0.2, -0.15) is 0 Å². The Balaban J connectivity index is 1.17. The predicted molar refractivity (Wildman–Crippen MR) is 135 cm³/mol. The quantitative estimate of drug-likeness (QED) is 0.663. The largest absolute Gasteiger partial charge is 0.349 e. The Labute approximate surface area is 208 Å². The van der Waals surface area contributed by atoms with Gasteiger partial charge in [-0.1, -0.05) is 43.2 Å². The first-order valence-corrected chi connectivity index (χ1v) is 13.1. The minimum atomic E-state index is 0.0480. The number of aromatic nitrogens is 2. The molecule has 3 heterocycles. The van der Waals surface area contributed by atoms with Crippen LogP contribution < -0.4 is 5.32 Å². The number of aryl methyl sites for hydroxylation is 2. The number of benzene rings is 1. The summed E-state index contributed by atoms with van der Waals surface area (Å²) in [7, 11) is 0. The van der Waals surface area contributed by atoms with Crippen molar-refractivity contribution in [2.24, 2.45) is 17.8 Å². The second-order valence-electron chi connectivity index (χ2n) is 10.7. The van der Waals surface area contributed by atoms with Gasteiger partial charge in [0.2, 0.25) is 5.91 Å². The Morgan fingerprint density at radius 2 is 1.60 bits per heavy atom. The summed E-state index contributed by atoms with van der Waals surface area (Å²) in [4.78, 5) is 39.0. The molecule has 0 spiro atoms. The summed E-state index contributed by atoms with van der Waals surface area (Å²) in [5.41, 5.74) is 3.36. The molecular formula is C28H37N5O2. The molecule has 7 heteroatoms. The topological polar surface area (TPSA) is 78.4 Å². The van der Waals surface area contributed by atoms with E-state index >= 15 is 0 Å². The van der Waals surface area contributed by atoms with Crippen LogP contribution in [0.4, 0.5) is 0 Å². The van der Waals surface area contributed by atoms with Crippen LogP contribution in [-0.2, 0) is 4.79 Å². The molecular weight excluding hydrogens is 438 g/mol. The lowest BCUT2D eigenvalue weighted by Gasteiger charge is -2.26. The van der Waals surface area contributed by atoms with Gasteiger partial charge in [0.1, 0.15) is 6.33 Å². The SMILES string of the molecule is Cc1ncnc(C)c1C(=O)N1CC2CN(CC[C@H](NC(=O)C3CCCC3)c3ccccc3)CC2C1. The monoisotopic (exact) mass is 475 g/mol. The van der Waals surface area contributed by atoms with Crippen molar-refractivity contribution in [1.82, 2.24) is 25.1 Å². The van der Waals surface area contributed by atoms with E-state index in [-0.39, 0.29) is 23.8 Å². The van der Waals surface area contributed by atoms with Gasteiger partial charge >= 0.3 is 0 Å². The van der Waals surface area contributed by atoms with Crippen LogP contribution in [0.2, 0.25) is 0 Å². The zero-order valence-corrected chi connectivity index (χ0v) is 20.9. The van der Waals surface area contributed by atoms with E-state index in [1.54, 1.807) is 0 Å². The van der Waals surface area contributed by atoms with Gasteiger partial charge in [0.15, 0.2) is 0 Å². The molecule has 5 rings (SSSR count). The lowest BCUT2D eigenvalue weighted by molar-refractivity contribution is -0.125. The maximum atomic E-state index is 13.2. The second-order valence-corrected chi connectivity index (χ2v) is 10.7. The Hall–Kier alpha value is -2.80. The van der Waals surface area contributed by atoms with E-state index < -0.39 is 0 Å². The highest BCUT2D eigenvalue weighted by atomic mass is 16.2. The number of rotatable bonds is 7. The average molecular weight is 476 g/mol. The fraction of sp³-hybridized carbons (Fsp3) is 0.571. The minimum absolute atomic E-state index is 0.0480. The first-order valence-electron chi connectivity index (χ1n) is 13.1. The molecule has 2 aromatic rings. The van der Waals surface area contributed by atoms with E-state index in [2.05, 4.69) is 44.5 Å². The van der Waals surface area contributed by atoms with Crippen LogP contribution in [0.25, 0.3) is 0 Å². The van der Waals surface area contributed by atoms with Crippen molar-refractivity contribution in [2.75, 3.05) is 32.7 Å².